The summed E-state index contributed by atoms with van der Waals surface area (Å²) < 4.78 is 16.9. The first-order valence-corrected chi connectivity index (χ1v) is 8.11. The van der Waals surface area contributed by atoms with Gasteiger partial charge in [0.25, 0.3) is 5.91 Å². The van der Waals surface area contributed by atoms with Gasteiger partial charge in [0.1, 0.15) is 17.1 Å². The molecule has 7 heteroatoms. The molecule has 0 aliphatic heterocycles. The Labute approximate surface area is 151 Å². The van der Waals surface area contributed by atoms with Crippen molar-refractivity contribution in [1.82, 2.24) is 0 Å². The molecule has 0 spiro atoms. The molecule has 0 radical (unpaired) electrons. The molecule has 3 rings (SSSR count). The van der Waals surface area contributed by atoms with Gasteiger partial charge < -0.3 is 19.2 Å². The Bertz CT molecular complexity index is 922. The molecular weight excluding hydrogens is 398 g/mol. The van der Waals surface area contributed by atoms with Crippen molar-refractivity contribution in [3.63, 3.8) is 0 Å². The molecule has 0 aliphatic rings. The molecule has 3 aromatic rings. The van der Waals surface area contributed by atoms with Gasteiger partial charge in [-0.25, -0.2) is 0 Å². The molecule has 0 atom stereocenters. The first-order chi connectivity index (χ1) is 11.5. The van der Waals surface area contributed by atoms with E-state index in [0.29, 0.717) is 27.8 Å². The number of carbonyl (C=O) groups excluding carboxylic acids is 1. The maximum atomic E-state index is 12.5. The number of carbonyl (C=O) groups is 1. The zero-order valence-corrected chi connectivity index (χ0v) is 15.2. The Morgan fingerprint density at radius 2 is 1.88 bits per heavy atom. The van der Waals surface area contributed by atoms with Gasteiger partial charge in [0.05, 0.1) is 24.9 Å². The van der Waals surface area contributed by atoms with Gasteiger partial charge >= 0.3 is 0 Å². The third kappa shape index (κ3) is 3.20. The zero-order valence-electron chi connectivity index (χ0n) is 12.9. The third-order valence-corrected chi connectivity index (χ3v) is 4.21. The molecule has 1 N–H and O–H groups in total. The highest BCUT2D eigenvalue weighted by Crippen LogP contribution is 2.36. The Balaban J connectivity index is 1.93. The van der Waals surface area contributed by atoms with Crippen molar-refractivity contribution in [1.29, 1.82) is 0 Å². The molecule has 0 saturated carbocycles. The highest BCUT2D eigenvalue weighted by molar-refractivity contribution is 9.10. The molecule has 1 heterocycles. The minimum atomic E-state index is -0.398. The smallest absolute Gasteiger partial charge is 0.291 e. The number of anilines is 1. The Kier molecular flexibility index (Phi) is 4.69. The maximum absolute atomic E-state index is 12.5. The summed E-state index contributed by atoms with van der Waals surface area (Å²) in [6, 6.07) is 10.4. The normalized spacial score (nSPS) is 10.7. The molecule has 0 saturated heterocycles. The van der Waals surface area contributed by atoms with Crippen LogP contribution in [0.5, 0.6) is 11.5 Å². The number of benzene rings is 2. The summed E-state index contributed by atoms with van der Waals surface area (Å²) in [5.74, 6) is 0.651. The van der Waals surface area contributed by atoms with Gasteiger partial charge in [0, 0.05) is 22.0 Å². The minimum Gasteiger partial charge on any atom is -0.495 e. The fourth-order valence-corrected chi connectivity index (χ4v) is 2.88. The number of methoxy groups -OCH3 is 2. The van der Waals surface area contributed by atoms with E-state index in [1.807, 2.05) is 12.1 Å². The fraction of sp³-hybridized carbons (Fsp3) is 0.118. The number of furan rings is 1. The molecule has 1 amide bonds. The molecule has 1 aromatic heterocycles. The second-order valence-electron chi connectivity index (χ2n) is 4.93. The van der Waals surface area contributed by atoms with Crippen LogP contribution in [0.15, 0.2) is 45.3 Å². The summed E-state index contributed by atoms with van der Waals surface area (Å²) in [5, 5.41) is 3.97. The largest absolute Gasteiger partial charge is 0.495 e. The molecule has 0 aliphatic carbocycles. The minimum absolute atomic E-state index is 0.194. The lowest BCUT2D eigenvalue weighted by atomic mass is 10.2. The highest BCUT2D eigenvalue weighted by Gasteiger charge is 2.17. The standard InChI is InChI=1S/C17H13BrClNO4/c1-22-14-8-12(15(23-2)7-11(14)19)20-17(21)16-6-9-5-10(18)3-4-13(9)24-16/h3-8H,1-2H3,(H,20,21). The Morgan fingerprint density at radius 1 is 1.12 bits per heavy atom. The van der Waals surface area contributed by atoms with Gasteiger partial charge in [-0.15, -0.1) is 0 Å². The summed E-state index contributed by atoms with van der Waals surface area (Å²) in [6.07, 6.45) is 0. The van der Waals surface area contributed by atoms with Crippen molar-refractivity contribution >= 4 is 50.1 Å². The maximum Gasteiger partial charge on any atom is 0.291 e. The van der Waals surface area contributed by atoms with Crippen LogP contribution in [0.4, 0.5) is 5.69 Å². The van der Waals surface area contributed by atoms with Crippen molar-refractivity contribution < 1.29 is 18.7 Å². The number of amides is 1. The third-order valence-electron chi connectivity index (χ3n) is 3.42. The van der Waals surface area contributed by atoms with Crippen LogP contribution in [0.3, 0.4) is 0 Å². The van der Waals surface area contributed by atoms with Crippen LogP contribution in [0.25, 0.3) is 11.0 Å². The molecule has 5 nitrogen and oxygen atoms in total. The average Bonchev–Trinajstić information content (AvgIpc) is 2.99. The molecule has 0 bridgehead atoms. The van der Waals surface area contributed by atoms with Crippen molar-refractivity contribution in [2.75, 3.05) is 19.5 Å². The van der Waals surface area contributed by atoms with Gasteiger partial charge in [0.15, 0.2) is 5.76 Å². The highest BCUT2D eigenvalue weighted by atomic mass is 79.9. The van der Waals surface area contributed by atoms with E-state index < -0.39 is 5.91 Å². The number of hydrogen-bond acceptors (Lipinski definition) is 4. The second-order valence-corrected chi connectivity index (χ2v) is 6.26. The van der Waals surface area contributed by atoms with Crippen molar-refractivity contribution in [3.8, 4) is 11.5 Å². The van der Waals surface area contributed by atoms with Gasteiger partial charge in [0.2, 0.25) is 0 Å². The van der Waals surface area contributed by atoms with Crippen LogP contribution >= 0.6 is 27.5 Å². The lowest BCUT2D eigenvalue weighted by Crippen LogP contribution is -2.12. The first kappa shape index (κ1) is 16.7. The topological polar surface area (TPSA) is 60.7 Å². The van der Waals surface area contributed by atoms with E-state index in [0.717, 1.165) is 9.86 Å². The molecule has 2 aromatic carbocycles. The lowest BCUT2D eigenvalue weighted by Gasteiger charge is -2.12. The van der Waals surface area contributed by atoms with Crippen LogP contribution in [-0.2, 0) is 0 Å². The van der Waals surface area contributed by atoms with E-state index in [9.17, 15) is 4.79 Å². The van der Waals surface area contributed by atoms with Crippen molar-refractivity contribution in [2.24, 2.45) is 0 Å². The van der Waals surface area contributed by atoms with Crippen molar-refractivity contribution in [2.45, 2.75) is 0 Å². The van der Waals surface area contributed by atoms with Crippen LogP contribution < -0.4 is 14.8 Å². The first-order valence-electron chi connectivity index (χ1n) is 6.94. The van der Waals surface area contributed by atoms with E-state index >= 15 is 0 Å². The van der Waals surface area contributed by atoms with E-state index in [4.69, 9.17) is 25.5 Å². The number of fused-ring (bicyclic) bond motifs is 1. The summed E-state index contributed by atoms with van der Waals surface area (Å²) in [7, 11) is 2.99. The lowest BCUT2D eigenvalue weighted by molar-refractivity contribution is 0.0998. The molecule has 124 valence electrons. The van der Waals surface area contributed by atoms with Crippen LogP contribution in [0, 0.1) is 0 Å². The quantitative estimate of drug-likeness (QED) is 0.648. The van der Waals surface area contributed by atoms with E-state index in [-0.39, 0.29) is 5.76 Å². The van der Waals surface area contributed by atoms with Crippen LogP contribution in [0.1, 0.15) is 10.6 Å². The summed E-state index contributed by atoms with van der Waals surface area (Å²) >= 11 is 9.45. The second kappa shape index (κ2) is 6.75. The van der Waals surface area contributed by atoms with Gasteiger partial charge in [-0.2, -0.15) is 0 Å². The Morgan fingerprint density at radius 3 is 2.58 bits per heavy atom. The number of nitrogens with one attached hydrogen (secondary N) is 1. The summed E-state index contributed by atoms with van der Waals surface area (Å²) in [4.78, 5) is 12.5. The van der Waals surface area contributed by atoms with Crippen LogP contribution in [0.2, 0.25) is 5.02 Å². The Hall–Kier alpha value is -2.18. The number of halogens is 2. The number of hydrogen-bond donors (Lipinski definition) is 1. The van der Waals surface area contributed by atoms with Crippen LogP contribution in [-0.4, -0.2) is 20.1 Å². The molecule has 24 heavy (non-hydrogen) atoms. The van der Waals surface area contributed by atoms with Gasteiger partial charge in [-0.3, -0.25) is 4.79 Å². The zero-order chi connectivity index (χ0) is 17.3. The predicted octanol–water partition coefficient (Wildman–Crippen LogP) is 5.12. The van der Waals surface area contributed by atoms with Gasteiger partial charge in [-0.05, 0) is 24.3 Å². The van der Waals surface area contributed by atoms with Gasteiger partial charge in [-0.1, -0.05) is 27.5 Å². The summed E-state index contributed by atoms with van der Waals surface area (Å²) in [5.41, 5.74) is 1.06. The predicted molar refractivity (Wildman–Crippen MR) is 96.4 cm³/mol. The number of ether oxygens (including phenoxy) is 2. The molecule has 0 fully saturated rings. The SMILES string of the molecule is COc1cc(NC(=O)c2cc3cc(Br)ccc3o2)c(OC)cc1Cl. The monoisotopic (exact) mass is 409 g/mol. The summed E-state index contributed by atoms with van der Waals surface area (Å²) in [6.45, 7) is 0. The average molecular weight is 411 g/mol. The van der Waals surface area contributed by atoms with Crippen molar-refractivity contribution in [3.05, 3.63) is 51.7 Å². The fourth-order valence-electron chi connectivity index (χ4n) is 2.27. The molecular formula is C17H13BrClNO4. The van der Waals surface area contributed by atoms with E-state index in [1.165, 1.54) is 14.2 Å². The number of rotatable bonds is 4. The van der Waals surface area contributed by atoms with E-state index in [1.54, 1.807) is 24.3 Å². The van der Waals surface area contributed by atoms with E-state index in [2.05, 4.69) is 21.2 Å². The molecule has 0 unspecified atom stereocenters.